The van der Waals surface area contributed by atoms with Crippen molar-refractivity contribution in [1.29, 1.82) is 0 Å². The van der Waals surface area contributed by atoms with Gasteiger partial charge in [-0.15, -0.1) is 0 Å². The Kier molecular flexibility index (Phi) is 6.39. The van der Waals surface area contributed by atoms with Crippen LogP contribution >= 0.6 is 0 Å². The molecule has 0 aliphatic carbocycles. The third-order valence-corrected chi connectivity index (χ3v) is 3.88. The molecule has 6 heteroatoms. The molecule has 2 aromatic rings. The Hall–Kier alpha value is -3.02. The predicted octanol–water partition coefficient (Wildman–Crippen LogP) is 2.45. The van der Waals surface area contributed by atoms with Gasteiger partial charge in [0.05, 0.1) is 19.6 Å². The van der Waals surface area contributed by atoms with Gasteiger partial charge in [0.25, 0.3) is 0 Å². The van der Waals surface area contributed by atoms with Gasteiger partial charge in [0.2, 0.25) is 5.91 Å². The first kappa shape index (κ1) is 18.3. The summed E-state index contributed by atoms with van der Waals surface area (Å²) in [4.78, 5) is 25.5. The number of urea groups is 1. The molecule has 0 unspecified atom stereocenters. The van der Waals surface area contributed by atoms with Gasteiger partial charge < -0.3 is 20.7 Å². The summed E-state index contributed by atoms with van der Waals surface area (Å²) in [6.07, 6.45) is 0.132. The molecule has 0 heterocycles. The van der Waals surface area contributed by atoms with E-state index in [-0.39, 0.29) is 12.3 Å². The van der Waals surface area contributed by atoms with Crippen LogP contribution in [0.15, 0.2) is 54.6 Å². The van der Waals surface area contributed by atoms with E-state index in [4.69, 9.17) is 10.5 Å². The van der Waals surface area contributed by atoms with Crippen LogP contribution < -0.4 is 15.8 Å². The summed E-state index contributed by atoms with van der Waals surface area (Å²) in [5.41, 5.74) is 7.05. The van der Waals surface area contributed by atoms with Crippen LogP contribution in [0.5, 0.6) is 5.75 Å². The Labute approximate surface area is 147 Å². The summed E-state index contributed by atoms with van der Waals surface area (Å²) in [6.45, 7) is 0.452. The average Bonchev–Trinajstić information content (AvgIpc) is 2.61. The highest BCUT2D eigenvalue weighted by Gasteiger charge is 2.20. The van der Waals surface area contributed by atoms with Crippen molar-refractivity contribution in [2.75, 3.05) is 14.2 Å². The molecule has 0 aliphatic heterocycles. The summed E-state index contributed by atoms with van der Waals surface area (Å²) in [6, 6.07) is 15.7. The van der Waals surface area contributed by atoms with Crippen LogP contribution in [-0.4, -0.2) is 31.0 Å². The van der Waals surface area contributed by atoms with Gasteiger partial charge >= 0.3 is 6.03 Å². The Morgan fingerprint density at radius 3 is 2.52 bits per heavy atom. The molecule has 3 N–H and O–H groups in total. The number of methoxy groups -OCH3 is 1. The fourth-order valence-corrected chi connectivity index (χ4v) is 2.57. The van der Waals surface area contributed by atoms with Crippen LogP contribution in [0, 0.1) is 0 Å². The van der Waals surface area contributed by atoms with Gasteiger partial charge in [-0.1, -0.05) is 42.5 Å². The lowest BCUT2D eigenvalue weighted by Gasteiger charge is -2.22. The zero-order chi connectivity index (χ0) is 18.2. The molecule has 2 rings (SSSR count). The fourth-order valence-electron chi connectivity index (χ4n) is 2.57. The first-order valence-corrected chi connectivity index (χ1v) is 7.97. The summed E-state index contributed by atoms with van der Waals surface area (Å²) in [7, 11) is 3.34. The SMILES string of the molecule is COc1cccc(CN(C)C(=O)C[C@@H](NC(N)=O)c2ccccc2)c1. The summed E-state index contributed by atoms with van der Waals surface area (Å²) < 4.78 is 5.20. The van der Waals surface area contributed by atoms with E-state index in [9.17, 15) is 9.59 Å². The number of primary amides is 1. The van der Waals surface area contributed by atoms with Gasteiger partial charge in [-0.05, 0) is 23.3 Å². The molecule has 25 heavy (non-hydrogen) atoms. The Bertz CT molecular complexity index is 719. The maximum absolute atomic E-state index is 12.6. The van der Waals surface area contributed by atoms with E-state index in [2.05, 4.69) is 5.32 Å². The molecule has 132 valence electrons. The molecule has 2 aromatic carbocycles. The number of ether oxygens (including phenoxy) is 1. The van der Waals surface area contributed by atoms with E-state index in [0.717, 1.165) is 16.9 Å². The maximum atomic E-state index is 12.6. The van der Waals surface area contributed by atoms with Gasteiger partial charge in [-0.3, -0.25) is 4.79 Å². The lowest BCUT2D eigenvalue weighted by Crippen LogP contribution is -2.37. The molecule has 0 aliphatic rings. The van der Waals surface area contributed by atoms with E-state index < -0.39 is 12.1 Å². The molecule has 0 bridgehead atoms. The first-order chi connectivity index (χ1) is 12.0. The number of nitrogens with two attached hydrogens (primary N) is 1. The van der Waals surface area contributed by atoms with E-state index in [1.54, 1.807) is 19.1 Å². The van der Waals surface area contributed by atoms with E-state index in [1.165, 1.54) is 0 Å². The third-order valence-electron chi connectivity index (χ3n) is 3.88. The number of rotatable bonds is 7. The van der Waals surface area contributed by atoms with Crippen molar-refractivity contribution >= 4 is 11.9 Å². The van der Waals surface area contributed by atoms with Gasteiger partial charge in [0.1, 0.15) is 5.75 Å². The Morgan fingerprint density at radius 1 is 1.16 bits per heavy atom. The van der Waals surface area contributed by atoms with Gasteiger partial charge in [0.15, 0.2) is 0 Å². The van der Waals surface area contributed by atoms with Crippen LogP contribution in [0.3, 0.4) is 0 Å². The number of carbonyl (C=O) groups excluding carboxylic acids is 2. The van der Waals surface area contributed by atoms with Gasteiger partial charge in [-0.2, -0.15) is 0 Å². The van der Waals surface area contributed by atoms with Crippen LogP contribution in [0.1, 0.15) is 23.6 Å². The average molecular weight is 341 g/mol. The number of nitrogens with zero attached hydrogens (tertiary/aromatic N) is 1. The topological polar surface area (TPSA) is 84.7 Å². The van der Waals surface area contributed by atoms with Crippen molar-refractivity contribution in [2.45, 2.75) is 19.0 Å². The normalized spacial score (nSPS) is 11.4. The largest absolute Gasteiger partial charge is 0.497 e. The standard InChI is InChI=1S/C19H23N3O3/c1-22(13-14-7-6-10-16(11-14)25-2)18(23)12-17(21-19(20)24)15-8-4-3-5-9-15/h3-11,17H,12-13H2,1-2H3,(H3,20,21,24)/t17-/m1/s1. The Balaban J connectivity index is 2.05. The fraction of sp³-hybridized carbons (Fsp3) is 0.263. The predicted molar refractivity (Wildman–Crippen MR) is 96.0 cm³/mol. The monoisotopic (exact) mass is 341 g/mol. The zero-order valence-corrected chi connectivity index (χ0v) is 14.4. The second-order valence-corrected chi connectivity index (χ2v) is 5.78. The highest BCUT2D eigenvalue weighted by molar-refractivity contribution is 5.78. The Morgan fingerprint density at radius 2 is 1.88 bits per heavy atom. The van der Waals surface area contributed by atoms with E-state index in [1.807, 2.05) is 54.6 Å². The number of hydrogen-bond acceptors (Lipinski definition) is 3. The molecule has 3 amide bonds. The van der Waals surface area contributed by atoms with Crippen LogP contribution in [0.4, 0.5) is 4.79 Å². The second-order valence-electron chi connectivity index (χ2n) is 5.78. The van der Waals surface area contributed by atoms with Crippen LogP contribution in [0.2, 0.25) is 0 Å². The third kappa shape index (κ3) is 5.53. The number of carbonyl (C=O) groups is 2. The molecule has 1 atom stereocenters. The minimum atomic E-state index is -0.655. The highest BCUT2D eigenvalue weighted by Crippen LogP contribution is 2.19. The minimum Gasteiger partial charge on any atom is -0.497 e. The summed E-state index contributed by atoms with van der Waals surface area (Å²) in [5, 5.41) is 2.64. The molecule has 0 radical (unpaired) electrons. The maximum Gasteiger partial charge on any atom is 0.312 e. The van der Waals surface area contributed by atoms with E-state index in [0.29, 0.717) is 6.54 Å². The quantitative estimate of drug-likeness (QED) is 0.811. The van der Waals surface area contributed by atoms with Crippen molar-refractivity contribution in [1.82, 2.24) is 10.2 Å². The molecule has 0 aromatic heterocycles. The van der Waals surface area contributed by atoms with Crippen molar-refractivity contribution in [2.24, 2.45) is 5.73 Å². The van der Waals surface area contributed by atoms with Gasteiger partial charge in [-0.25, -0.2) is 4.79 Å². The summed E-state index contributed by atoms with van der Waals surface area (Å²) >= 11 is 0. The van der Waals surface area contributed by atoms with Crippen molar-refractivity contribution in [3.63, 3.8) is 0 Å². The number of amides is 3. The first-order valence-electron chi connectivity index (χ1n) is 7.97. The number of hydrogen-bond donors (Lipinski definition) is 2. The zero-order valence-electron chi connectivity index (χ0n) is 14.4. The van der Waals surface area contributed by atoms with Crippen molar-refractivity contribution < 1.29 is 14.3 Å². The molecular weight excluding hydrogens is 318 g/mol. The molecule has 0 saturated carbocycles. The highest BCUT2D eigenvalue weighted by atomic mass is 16.5. The molecule has 0 saturated heterocycles. The lowest BCUT2D eigenvalue weighted by molar-refractivity contribution is -0.130. The number of nitrogens with one attached hydrogen (secondary N) is 1. The molecule has 0 spiro atoms. The lowest BCUT2D eigenvalue weighted by atomic mass is 10.0. The van der Waals surface area contributed by atoms with E-state index >= 15 is 0 Å². The number of benzene rings is 2. The van der Waals surface area contributed by atoms with Crippen molar-refractivity contribution in [3.8, 4) is 5.75 Å². The molecular formula is C19H23N3O3. The molecule has 6 nitrogen and oxygen atoms in total. The molecule has 0 fully saturated rings. The van der Waals surface area contributed by atoms with Crippen LogP contribution in [0.25, 0.3) is 0 Å². The van der Waals surface area contributed by atoms with Gasteiger partial charge in [0, 0.05) is 13.6 Å². The smallest absolute Gasteiger partial charge is 0.312 e. The second kappa shape index (κ2) is 8.73. The summed E-state index contributed by atoms with van der Waals surface area (Å²) in [5.74, 6) is 0.654. The minimum absolute atomic E-state index is 0.0922. The van der Waals surface area contributed by atoms with Crippen LogP contribution in [-0.2, 0) is 11.3 Å². The van der Waals surface area contributed by atoms with Crippen molar-refractivity contribution in [3.05, 3.63) is 65.7 Å².